The molecule has 1 aromatic heterocycles. The molecule has 1 heterocycles. The molecule has 0 aliphatic carbocycles. The fraction of sp³-hybridized carbons (Fsp3) is 0.571. The third-order valence-corrected chi connectivity index (χ3v) is 4.74. The van der Waals surface area contributed by atoms with Crippen molar-refractivity contribution in [2.75, 3.05) is 13.2 Å². The van der Waals surface area contributed by atoms with Gasteiger partial charge in [-0.15, -0.1) is 0 Å². The summed E-state index contributed by atoms with van der Waals surface area (Å²) in [5, 5.41) is 9.92. The van der Waals surface area contributed by atoms with Crippen LogP contribution in [-0.2, 0) is 20.2 Å². The van der Waals surface area contributed by atoms with Gasteiger partial charge in [0.2, 0.25) is 0 Å². The van der Waals surface area contributed by atoms with Crippen molar-refractivity contribution >= 4 is 7.60 Å². The largest absolute Gasteiger partial charge is 0.389 e. The molecule has 130 valence electrons. The zero-order valence-electron chi connectivity index (χ0n) is 13.5. The normalized spacial score (nSPS) is 13.6. The van der Waals surface area contributed by atoms with Gasteiger partial charge in [-0.1, -0.05) is 0 Å². The lowest BCUT2D eigenvalue weighted by atomic mass is 10.2. The molecule has 9 heteroatoms. The molecule has 0 radical (unpaired) electrons. The maximum atomic E-state index is 12.2. The molecule has 8 nitrogen and oxygen atoms in total. The average Bonchev–Trinajstić information content (AvgIpc) is 2.48. The second-order valence-electron chi connectivity index (χ2n) is 4.84. The van der Waals surface area contributed by atoms with Crippen molar-refractivity contribution in [3.63, 3.8) is 0 Å². The van der Waals surface area contributed by atoms with Crippen LogP contribution in [0.4, 0.5) is 0 Å². The minimum Gasteiger partial charge on any atom is -0.389 e. The highest BCUT2D eigenvalue weighted by molar-refractivity contribution is 7.57. The number of H-pyrrole nitrogens is 1. The highest BCUT2D eigenvalue weighted by Gasteiger charge is 2.19. The van der Waals surface area contributed by atoms with Crippen LogP contribution in [-0.4, -0.2) is 34.0 Å². The molecule has 1 aromatic rings. The van der Waals surface area contributed by atoms with Crippen LogP contribution in [0.1, 0.15) is 25.8 Å². The molecule has 0 spiro atoms. The molecule has 1 atom stereocenters. The van der Waals surface area contributed by atoms with Crippen molar-refractivity contribution in [3.8, 4) is 0 Å². The van der Waals surface area contributed by atoms with Crippen LogP contribution < -0.4 is 11.2 Å². The van der Waals surface area contributed by atoms with Crippen molar-refractivity contribution in [3.05, 3.63) is 44.5 Å². The third-order valence-electron chi connectivity index (χ3n) is 2.96. The molecule has 0 bridgehead atoms. The Balaban J connectivity index is 2.70. The first-order valence-corrected chi connectivity index (χ1v) is 8.99. The summed E-state index contributed by atoms with van der Waals surface area (Å²) >= 11 is 0. The van der Waals surface area contributed by atoms with Gasteiger partial charge in [-0.05, 0) is 33.3 Å². The summed E-state index contributed by atoms with van der Waals surface area (Å²) < 4.78 is 23.6. The lowest BCUT2D eigenvalue weighted by molar-refractivity contribution is 0.202. The van der Waals surface area contributed by atoms with Gasteiger partial charge in [0.15, 0.2) is 0 Å². The van der Waals surface area contributed by atoms with E-state index in [0.29, 0.717) is 5.56 Å². The van der Waals surface area contributed by atoms with Gasteiger partial charge in [-0.3, -0.25) is 14.3 Å². The minimum atomic E-state index is -3.35. The maximum absolute atomic E-state index is 12.2. The Labute approximate surface area is 134 Å². The number of aryl methyl sites for hydroxylation is 2. The fourth-order valence-corrected chi connectivity index (χ4v) is 3.22. The lowest BCUT2D eigenvalue weighted by Crippen LogP contribution is -2.31. The predicted octanol–water partition coefficient (Wildman–Crippen LogP) is 1.38. The van der Waals surface area contributed by atoms with Crippen LogP contribution >= 0.6 is 7.60 Å². The van der Waals surface area contributed by atoms with E-state index in [-0.39, 0.29) is 26.2 Å². The number of hydrogen-bond acceptors (Lipinski definition) is 6. The third kappa shape index (κ3) is 6.27. The van der Waals surface area contributed by atoms with Gasteiger partial charge >= 0.3 is 13.3 Å². The second-order valence-corrected chi connectivity index (χ2v) is 6.73. The summed E-state index contributed by atoms with van der Waals surface area (Å²) in [7, 11) is -3.35. The number of rotatable bonds is 9. The van der Waals surface area contributed by atoms with Crippen LogP contribution in [0, 0.1) is 6.92 Å². The van der Waals surface area contributed by atoms with Crippen LogP contribution in [0.2, 0.25) is 0 Å². The van der Waals surface area contributed by atoms with Crippen LogP contribution in [0.15, 0.2) is 27.7 Å². The van der Waals surface area contributed by atoms with E-state index in [4.69, 9.17) is 9.05 Å². The summed E-state index contributed by atoms with van der Waals surface area (Å²) in [6.45, 7) is 5.64. The standard InChI is InChI=1S/C14H23N2O6P/c1-4-21-23(20,22-5-2)9-7-12(17)6-8-16-10-11(3)13(18)15-14(16)19/h7,9-10,12,17H,4-6,8H2,1-3H3,(H,15,18,19)/t12-/m1/s1. The highest BCUT2D eigenvalue weighted by atomic mass is 31.2. The van der Waals surface area contributed by atoms with E-state index in [2.05, 4.69) is 4.98 Å². The van der Waals surface area contributed by atoms with Crippen molar-refractivity contribution < 1.29 is 18.7 Å². The first-order chi connectivity index (χ1) is 10.8. The Hall–Kier alpha value is -1.47. The Morgan fingerprint density at radius 3 is 2.52 bits per heavy atom. The summed E-state index contributed by atoms with van der Waals surface area (Å²) in [5.74, 6) is 1.23. The second kappa shape index (κ2) is 8.98. The molecule has 0 aliphatic heterocycles. The maximum Gasteiger partial charge on any atom is 0.353 e. The van der Waals surface area contributed by atoms with Gasteiger partial charge in [-0.2, -0.15) is 0 Å². The van der Waals surface area contributed by atoms with E-state index in [9.17, 15) is 19.3 Å². The first kappa shape index (κ1) is 19.6. The number of nitrogens with one attached hydrogen (secondary N) is 1. The summed E-state index contributed by atoms with van der Waals surface area (Å²) in [4.78, 5) is 25.1. The Bertz CT molecular complexity index is 683. The monoisotopic (exact) mass is 346 g/mol. The van der Waals surface area contributed by atoms with E-state index in [1.165, 1.54) is 22.7 Å². The van der Waals surface area contributed by atoms with E-state index >= 15 is 0 Å². The van der Waals surface area contributed by atoms with Crippen molar-refractivity contribution in [2.45, 2.75) is 39.8 Å². The van der Waals surface area contributed by atoms with Crippen LogP contribution in [0.3, 0.4) is 0 Å². The SMILES string of the molecule is CCOP(=O)(C=C[C@H](O)CCn1cc(C)c(=O)[nH]c1=O)OCC. The molecular formula is C14H23N2O6P. The van der Waals surface area contributed by atoms with E-state index < -0.39 is 24.9 Å². The van der Waals surface area contributed by atoms with Gasteiger partial charge in [0, 0.05) is 24.1 Å². The fourth-order valence-electron chi connectivity index (χ4n) is 1.84. The van der Waals surface area contributed by atoms with Crippen molar-refractivity contribution in [1.29, 1.82) is 0 Å². The predicted molar refractivity (Wildman–Crippen MR) is 86.7 cm³/mol. The molecule has 0 aromatic carbocycles. The summed E-state index contributed by atoms with van der Waals surface area (Å²) in [5.41, 5.74) is -0.557. The van der Waals surface area contributed by atoms with E-state index in [0.717, 1.165) is 0 Å². The Kier molecular flexibility index (Phi) is 7.64. The number of nitrogens with zero attached hydrogens (tertiary/aromatic N) is 1. The van der Waals surface area contributed by atoms with E-state index in [1.54, 1.807) is 20.8 Å². The number of aromatic amines is 1. The van der Waals surface area contributed by atoms with Gasteiger partial charge < -0.3 is 18.7 Å². The molecule has 0 fully saturated rings. The molecule has 0 unspecified atom stereocenters. The quantitative estimate of drug-likeness (QED) is 0.654. The zero-order valence-corrected chi connectivity index (χ0v) is 14.4. The average molecular weight is 346 g/mol. The topological polar surface area (TPSA) is 111 Å². The number of aliphatic hydroxyl groups is 1. The number of aromatic nitrogens is 2. The minimum absolute atomic E-state index is 0.204. The van der Waals surface area contributed by atoms with Crippen molar-refractivity contribution in [2.24, 2.45) is 0 Å². The molecule has 0 saturated carbocycles. The van der Waals surface area contributed by atoms with Crippen LogP contribution in [0.25, 0.3) is 0 Å². The van der Waals surface area contributed by atoms with Gasteiger partial charge in [0.05, 0.1) is 19.3 Å². The van der Waals surface area contributed by atoms with Gasteiger partial charge in [0.25, 0.3) is 5.56 Å². The Morgan fingerprint density at radius 2 is 1.96 bits per heavy atom. The molecule has 0 saturated heterocycles. The molecule has 2 N–H and O–H groups in total. The van der Waals surface area contributed by atoms with E-state index in [1.807, 2.05) is 0 Å². The zero-order chi connectivity index (χ0) is 17.5. The number of aliphatic hydroxyl groups excluding tert-OH is 1. The number of hydrogen-bond donors (Lipinski definition) is 2. The molecule has 0 amide bonds. The van der Waals surface area contributed by atoms with Crippen LogP contribution in [0.5, 0.6) is 0 Å². The summed E-state index contributed by atoms with van der Waals surface area (Å²) in [6.07, 6.45) is 2.04. The lowest BCUT2D eigenvalue weighted by Gasteiger charge is -2.13. The summed E-state index contributed by atoms with van der Waals surface area (Å²) in [6, 6.07) is 0. The highest BCUT2D eigenvalue weighted by Crippen LogP contribution is 2.49. The smallest absolute Gasteiger partial charge is 0.353 e. The van der Waals surface area contributed by atoms with Gasteiger partial charge in [0.1, 0.15) is 0 Å². The molecular weight excluding hydrogens is 323 g/mol. The van der Waals surface area contributed by atoms with Crippen molar-refractivity contribution in [1.82, 2.24) is 9.55 Å². The first-order valence-electron chi connectivity index (χ1n) is 7.38. The molecule has 1 rings (SSSR count). The Morgan fingerprint density at radius 1 is 1.35 bits per heavy atom. The molecule has 23 heavy (non-hydrogen) atoms. The van der Waals surface area contributed by atoms with Gasteiger partial charge in [-0.25, -0.2) is 4.79 Å². The molecule has 0 aliphatic rings.